The highest BCUT2D eigenvalue weighted by atomic mass is 32.2. The number of carbonyl (C=O) groups is 2. The van der Waals surface area contributed by atoms with Crippen molar-refractivity contribution in [3.05, 3.63) is 5.75 Å². The maximum Gasteiger partial charge on any atom is 0.328 e. The topological polar surface area (TPSA) is 67.8 Å². The summed E-state index contributed by atoms with van der Waals surface area (Å²) >= 11 is 1.54. The van der Waals surface area contributed by atoms with Crippen molar-refractivity contribution in [2.45, 2.75) is 51.8 Å². The summed E-state index contributed by atoms with van der Waals surface area (Å²) in [5, 5.41) is 2.63. The van der Waals surface area contributed by atoms with E-state index in [0.717, 1.165) is 0 Å². The minimum absolute atomic E-state index is 0.270. The molecule has 6 heteroatoms. The van der Waals surface area contributed by atoms with Crippen LogP contribution < -0.4 is 5.32 Å². The smallest absolute Gasteiger partial charge is 0.328 e. The van der Waals surface area contributed by atoms with Crippen molar-refractivity contribution in [2.75, 3.05) is 5.75 Å². The quantitative estimate of drug-likeness (QED) is 0.796. The number of thioether (sulfide) groups is 1. The molecule has 0 spiro atoms. The van der Waals surface area contributed by atoms with Crippen LogP contribution in [-0.4, -0.2) is 41.5 Å². The lowest BCUT2D eigenvalue weighted by molar-refractivity contribution is -0.158. The van der Waals surface area contributed by atoms with Crippen molar-refractivity contribution in [3.8, 4) is 0 Å². The monoisotopic (exact) mass is 284 g/mol. The first kappa shape index (κ1) is 16.0. The minimum Gasteiger partial charge on any atom is -0.458 e. The number of rotatable bonds is 3. The molecular formula is C13H20N2O3S. The van der Waals surface area contributed by atoms with Crippen LogP contribution in [0.15, 0.2) is 4.99 Å². The van der Waals surface area contributed by atoms with Crippen LogP contribution in [0.2, 0.25) is 0 Å². The van der Waals surface area contributed by atoms with Gasteiger partial charge in [-0.05, 0) is 27.7 Å². The van der Waals surface area contributed by atoms with E-state index in [0.29, 0.717) is 12.2 Å². The van der Waals surface area contributed by atoms with Gasteiger partial charge in [-0.2, -0.15) is 11.8 Å². The predicted molar refractivity (Wildman–Crippen MR) is 76.0 cm³/mol. The lowest BCUT2D eigenvalue weighted by atomic mass is 10.2. The molecule has 19 heavy (non-hydrogen) atoms. The van der Waals surface area contributed by atoms with Gasteiger partial charge in [-0.3, -0.25) is 9.79 Å². The Morgan fingerprint density at radius 2 is 2.21 bits per heavy atom. The molecule has 106 valence electrons. The highest BCUT2D eigenvalue weighted by Gasteiger charge is 2.26. The fourth-order valence-corrected chi connectivity index (χ4v) is 2.09. The first-order valence-corrected chi connectivity index (χ1v) is 7.23. The number of hydrogen-bond acceptors (Lipinski definition) is 5. The van der Waals surface area contributed by atoms with Crippen LogP contribution in [0.25, 0.3) is 0 Å². The minimum atomic E-state index is -0.681. The predicted octanol–water partition coefficient (Wildman–Crippen LogP) is 1.45. The normalized spacial score (nSPS) is 21.4. The second-order valence-electron chi connectivity index (χ2n) is 5.27. The van der Waals surface area contributed by atoms with Crippen molar-refractivity contribution in [2.24, 2.45) is 4.99 Å². The zero-order valence-corrected chi connectivity index (χ0v) is 12.5. The summed E-state index contributed by atoms with van der Waals surface area (Å²) in [6, 6.07) is -1.17. The Labute approximate surface area is 118 Å². The van der Waals surface area contributed by atoms with Crippen molar-refractivity contribution in [1.82, 2.24) is 5.32 Å². The van der Waals surface area contributed by atoms with E-state index >= 15 is 0 Å². The third kappa shape index (κ3) is 6.09. The van der Waals surface area contributed by atoms with E-state index in [4.69, 9.17) is 4.74 Å². The molecule has 0 bridgehead atoms. The largest absolute Gasteiger partial charge is 0.458 e. The van der Waals surface area contributed by atoms with E-state index in [1.807, 2.05) is 5.75 Å². The van der Waals surface area contributed by atoms with Crippen LogP contribution in [0, 0.1) is 5.75 Å². The molecule has 2 radical (unpaired) electrons. The van der Waals surface area contributed by atoms with Crippen LogP contribution in [0.3, 0.4) is 0 Å². The van der Waals surface area contributed by atoms with Crippen LogP contribution in [0.4, 0.5) is 0 Å². The fourth-order valence-electron chi connectivity index (χ4n) is 1.35. The first-order valence-electron chi connectivity index (χ1n) is 6.19. The highest BCUT2D eigenvalue weighted by molar-refractivity contribution is 8.01. The van der Waals surface area contributed by atoms with Crippen LogP contribution in [-0.2, 0) is 14.3 Å². The average molecular weight is 284 g/mol. The Kier molecular flexibility index (Phi) is 5.85. The molecule has 0 aromatic heterocycles. The van der Waals surface area contributed by atoms with Gasteiger partial charge in [-0.1, -0.05) is 0 Å². The van der Waals surface area contributed by atoms with Gasteiger partial charge in [0.1, 0.15) is 17.7 Å². The molecule has 1 aliphatic rings. The molecule has 0 saturated carbocycles. The zero-order chi connectivity index (χ0) is 14.5. The van der Waals surface area contributed by atoms with Gasteiger partial charge < -0.3 is 10.1 Å². The second-order valence-corrected chi connectivity index (χ2v) is 6.27. The summed E-state index contributed by atoms with van der Waals surface area (Å²) < 4.78 is 5.20. The lowest BCUT2D eigenvalue weighted by Gasteiger charge is -2.23. The van der Waals surface area contributed by atoms with E-state index in [1.165, 1.54) is 11.8 Å². The van der Waals surface area contributed by atoms with E-state index in [-0.39, 0.29) is 5.91 Å². The molecule has 0 fully saturated rings. The Hall–Kier alpha value is -1.04. The Morgan fingerprint density at radius 1 is 1.53 bits per heavy atom. The zero-order valence-electron chi connectivity index (χ0n) is 11.7. The van der Waals surface area contributed by atoms with Crippen LogP contribution in [0.5, 0.6) is 0 Å². The average Bonchev–Trinajstić information content (AvgIpc) is 2.54. The van der Waals surface area contributed by atoms with E-state index < -0.39 is 23.7 Å². The molecule has 5 nitrogen and oxygen atoms in total. The van der Waals surface area contributed by atoms with Crippen LogP contribution >= 0.6 is 11.8 Å². The molecule has 2 unspecified atom stereocenters. The number of carbonyl (C=O) groups excluding carboxylic acids is 2. The molecule has 2 atom stereocenters. The molecular weight excluding hydrogens is 264 g/mol. The number of ether oxygens (including phenoxy) is 1. The van der Waals surface area contributed by atoms with Crippen molar-refractivity contribution < 1.29 is 14.3 Å². The Balaban J connectivity index is 2.49. The molecule has 1 amide bonds. The molecule has 0 aromatic carbocycles. The molecule has 0 saturated heterocycles. The van der Waals surface area contributed by atoms with Crippen molar-refractivity contribution >= 4 is 29.9 Å². The van der Waals surface area contributed by atoms with Gasteiger partial charge in [0.15, 0.2) is 0 Å². The van der Waals surface area contributed by atoms with Gasteiger partial charge in [-0.15, -0.1) is 0 Å². The standard InChI is InChI=1S/C13H20N2O3S/c1-9(12(17)18-13(2,3)4)15-11(16)10-8-19-7-5-6-14-10/h7,9-10H,5,8H2,1-4H3,(H,15,16). The SMILES string of the molecule is CC(NC(=O)C1CS[CH]C[C]=N1)C(=O)OC(C)(C)C. The van der Waals surface area contributed by atoms with Gasteiger partial charge in [0.2, 0.25) is 5.91 Å². The molecule has 1 aliphatic heterocycles. The lowest BCUT2D eigenvalue weighted by Crippen LogP contribution is -2.46. The maximum absolute atomic E-state index is 12.0. The number of hydrogen-bond donors (Lipinski definition) is 1. The summed E-state index contributed by atoms with van der Waals surface area (Å²) in [4.78, 5) is 27.7. The van der Waals surface area contributed by atoms with Crippen LogP contribution in [0.1, 0.15) is 34.1 Å². The molecule has 1 heterocycles. The molecule has 0 aliphatic carbocycles. The second kappa shape index (κ2) is 6.93. The van der Waals surface area contributed by atoms with Gasteiger partial charge in [-0.25, -0.2) is 4.79 Å². The van der Waals surface area contributed by atoms with E-state index in [2.05, 4.69) is 16.5 Å². The summed E-state index contributed by atoms with van der Waals surface area (Å²) in [6.07, 6.45) is 3.43. The molecule has 1 N–H and O–H groups in total. The third-order valence-corrected chi connectivity index (χ3v) is 3.13. The van der Waals surface area contributed by atoms with Gasteiger partial charge in [0.25, 0.3) is 0 Å². The molecule has 0 aromatic rings. The van der Waals surface area contributed by atoms with E-state index in [9.17, 15) is 9.59 Å². The van der Waals surface area contributed by atoms with E-state index in [1.54, 1.807) is 27.7 Å². The Morgan fingerprint density at radius 3 is 2.84 bits per heavy atom. The summed E-state index contributed by atoms with van der Waals surface area (Å²) in [5.74, 6) is 1.81. The van der Waals surface area contributed by atoms with Gasteiger partial charge in [0.05, 0.1) is 6.21 Å². The first-order chi connectivity index (χ1) is 8.79. The van der Waals surface area contributed by atoms with Gasteiger partial charge in [0, 0.05) is 17.9 Å². The fraction of sp³-hybridized carbons (Fsp3) is 0.692. The highest BCUT2D eigenvalue weighted by Crippen LogP contribution is 2.15. The maximum atomic E-state index is 12.0. The number of esters is 1. The number of aliphatic imine (C=N–C) groups is 1. The number of nitrogens with zero attached hydrogens (tertiary/aromatic N) is 1. The number of nitrogens with one attached hydrogen (secondary N) is 1. The third-order valence-electron chi connectivity index (χ3n) is 2.22. The van der Waals surface area contributed by atoms with Crippen molar-refractivity contribution in [1.29, 1.82) is 0 Å². The number of amides is 1. The summed E-state index contributed by atoms with van der Waals surface area (Å²) in [7, 11) is 0. The molecule has 1 rings (SSSR count). The summed E-state index contributed by atoms with van der Waals surface area (Å²) in [6.45, 7) is 6.97. The van der Waals surface area contributed by atoms with Crippen molar-refractivity contribution in [3.63, 3.8) is 0 Å². The summed E-state index contributed by atoms with van der Waals surface area (Å²) in [5.41, 5.74) is -0.560. The van der Waals surface area contributed by atoms with Gasteiger partial charge >= 0.3 is 5.97 Å². The Bertz CT molecular complexity index is 363.